The summed E-state index contributed by atoms with van der Waals surface area (Å²) in [6.45, 7) is 1.52. The van der Waals surface area contributed by atoms with E-state index < -0.39 is 23.3 Å². The number of aromatic nitrogens is 2. The van der Waals surface area contributed by atoms with Crippen molar-refractivity contribution in [2.75, 3.05) is 26.2 Å². The molecule has 172 valence electrons. The van der Waals surface area contributed by atoms with Gasteiger partial charge in [0.15, 0.2) is 11.3 Å². The number of pyridine rings is 1. The van der Waals surface area contributed by atoms with Crippen molar-refractivity contribution in [3.8, 4) is 0 Å². The number of piperidine rings is 1. The molecule has 0 spiro atoms. The van der Waals surface area contributed by atoms with E-state index in [0.717, 1.165) is 10.5 Å². The van der Waals surface area contributed by atoms with Crippen molar-refractivity contribution in [3.05, 3.63) is 58.2 Å². The maximum absolute atomic E-state index is 13.8. The third kappa shape index (κ3) is 3.79. The van der Waals surface area contributed by atoms with Crippen LogP contribution in [0, 0.1) is 0 Å². The number of hydrogen-bond acceptors (Lipinski definition) is 4. The van der Waals surface area contributed by atoms with Gasteiger partial charge in [-0.05, 0) is 31.1 Å². The van der Waals surface area contributed by atoms with E-state index in [1.807, 2.05) is 0 Å². The van der Waals surface area contributed by atoms with Gasteiger partial charge in [0.05, 0.1) is 12.1 Å². The van der Waals surface area contributed by atoms with Crippen molar-refractivity contribution in [1.82, 2.24) is 19.2 Å². The number of nitrogens with zero attached hydrogens (tertiary/aromatic N) is 4. The predicted octanol–water partition coefficient (Wildman–Crippen LogP) is 4.17. The molecule has 5 rings (SSSR count). The standard InChI is InChI=1S/C22H18ClF3N4O3/c23-18-17(20(31)28-7-5-15(6-8-28)29-9-10-33-21(29)32)27-19-16(22(24,25)26)11-14(12-30(18)19)13-3-1-2-4-13/h1-3,11-12,15H,5-10H2. The average molecular weight is 479 g/mol. The Bertz CT molecular complexity index is 1250. The molecule has 0 aromatic carbocycles. The fraction of sp³-hybridized carbons (Fsp3) is 0.364. The van der Waals surface area contributed by atoms with Gasteiger partial charge >= 0.3 is 12.3 Å². The SMILES string of the molecule is O=C(c1nc2c(C(F)(F)F)cc(C3=C=CC=C3)cn2c1Cl)N1CCC(N2CCOC2=O)CC1. The van der Waals surface area contributed by atoms with Gasteiger partial charge in [-0.25, -0.2) is 9.78 Å². The van der Waals surface area contributed by atoms with E-state index in [1.54, 1.807) is 23.1 Å². The van der Waals surface area contributed by atoms with Crippen molar-refractivity contribution in [3.63, 3.8) is 0 Å². The van der Waals surface area contributed by atoms with Gasteiger partial charge < -0.3 is 14.5 Å². The number of cyclic esters (lactones) is 1. The van der Waals surface area contributed by atoms with Gasteiger partial charge in [0.1, 0.15) is 11.8 Å². The zero-order valence-corrected chi connectivity index (χ0v) is 18.0. The smallest absolute Gasteiger partial charge is 0.420 e. The second kappa shape index (κ2) is 7.97. The molecule has 0 radical (unpaired) electrons. The van der Waals surface area contributed by atoms with Crippen molar-refractivity contribution in [1.29, 1.82) is 0 Å². The van der Waals surface area contributed by atoms with Gasteiger partial charge in [0, 0.05) is 36.5 Å². The molecule has 0 N–H and O–H groups in total. The van der Waals surface area contributed by atoms with Gasteiger partial charge in [-0.15, -0.1) is 5.73 Å². The van der Waals surface area contributed by atoms with Crippen LogP contribution in [0.3, 0.4) is 0 Å². The Morgan fingerprint density at radius 1 is 1.24 bits per heavy atom. The molecule has 4 heterocycles. The molecular formula is C22H18ClF3N4O3. The molecule has 2 amide bonds. The number of halogens is 4. The first-order chi connectivity index (χ1) is 15.7. The molecule has 3 aliphatic rings. The Morgan fingerprint density at radius 2 is 2.00 bits per heavy atom. The van der Waals surface area contributed by atoms with Crippen LogP contribution in [0.2, 0.25) is 5.15 Å². The van der Waals surface area contributed by atoms with Crippen molar-refractivity contribution in [2.45, 2.75) is 25.1 Å². The first-order valence-corrected chi connectivity index (χ1v) is 10.8. The lowest BCUT2D eigenvalue weighted by atomic mass is 10.0. The monoisotopic (exact) mass is 478 g/mol. The van der Waals surface area contributed by atoms with Crippen LogP contribution in [-0.4, -0.2) is 63.5 Å². The highest BCUT2D eigenvalue weighted by Gasteiger charge is 2.38. The first-order valence-electron chi connectivity index (χ1n) is 10.4. The Kier molecular flexibility index (Phi) is 5.22. The number of allylic oxidation sites excluding steroid dienone is 3. The minimum Gasteiger partial charge on any atom is -0.448 e. The zero-order valence-electron chi connectivity index (χ0n) is 17.2. The highest BCUT2D eigenvalue weighted by Crippen LogP contribution is 2.36. The number of rotatable bonds is 3. The number of alkyl halides is 3. The quantitative estimate of drug-likeness (QED) is 0.621. The van der Waals surface area contributed by atoms with E-state index in [0.29, 0.717) is 44.7 Å². The minimum atomic E-state index is -4.69. The Labute approximate surface area is 191 Å². The van der Waals surface area contributed by atoms with Gasteiger partial charge in [-0.1, -0.05) is 17.7 Å². The van der Waals surface area contributed by atoms with Gasteiger partial charge in [-0.3, -0.25) is 9.20 Å². The van der Waals surface area contributed by atoms with Crippen LogP contribution in [0.25, 0.3) is 11.2 Å². The van der Waals surface area contributed by atoms with Crippen LogP contribution < -0.4 is 0 Å². The third-order valence-corrected chi connectivity index (χ3v) is 6.42. The van der Waals surface area contributed by atoms with Crippen LogP contribution in [0.1, 0.15) is 34.5 Å². The molecule has 11 heteroatoms. The van der Waals surface area contributed by atoms with E-state index >= 15 is 0 Å². The summed E-state index contributed by atoms with van der Waals surface area (Å²) in [5.74, 6) is -0.541. The Morgan fingerprint density at radius 3 is 2.61 bits per heavy atom. The topological polar surface area (TPSA) is 67.2 Å². The fourth-order valence-corrected chi connectivity index (χ4v) is 4.64. The molecule has 0 bridgehead atoms. The number of likely N-dealkylation sites (tertiary alicyclic amines) is 1. The van der Waals surface area contributed by atoms with Gasteiger partial charge in [0.2, 0.25) is 0 Å². The highest BCUT2D eigenvalue weighted by molar-refractivity contribution is 6.33. The lowest BCUT2D eigenvalue weighted by molar-refractivity contribution is -0.136. The fourth-order valence-electron chi connectivity index (χ4n) is 4.39. The number of imidazole rings is 1. The van der Waals surface area contributed by atoms with Gasteiger partial charge in [-0.2, -0.15) is 13.2 Å². The maximum Gasteiger partial charge on any atom is 0.420 e. The summed E-state index contributed by atoms with van der Waals surface area (Å²) in [4.78, 5) is 32.1. The van der Waals surface area contributed by atoms with Crippen molar-refractivity contribution in [2.24, 2.45) is 0 Å². The lowest BCUT2D eigenvalue weighted by Gasteiger charge is -2.35. The summed E-state index contributed by atoms with van der Waals surface area (Å²) in [5, 5.41) is -0.181. The molecule has 2 fully saturated rings. The normalized spacial score (nSPS) is 19.0. The molecule has 2 aromatic rings. The number of carbonyl (C=O) groups excluding carboxylic acids is 2. The molecule has 0 atom stereocenters. The molecule has 33 heavy (non-hydrogen) atoms. The van der Waals surface area contributed by atoms with Crippen LogP contribution in [0.5, 0.6) is 0 Å². The predicted molar refractivity (Wildman–Crippen MR) is 113 cm³/mol. The molecule has 0 saturated carbocycles. The summed E-state index contributed by atoms with van der Waals surface area (Å²) in [6, 6.07) is 0.945. The van der Waals surface area contributed by atoms with E-state index in [-0.39, 0.29) is 28.5 Å². The molecule has 1 aliphatic carbocycles. The summed E-state index contributed by atoms with van der Waals surface area (Å²) in [6.07, 6.45) is 2.35. The minimum absolute atomic E-state index is 0.0409. The molecule has 2 aromatic heterocycles. The van der Waals surface area contributed by atoms with Crippen molar-refractivity contribution >= 4 is 34.8 Å². The molecule has 0 unspecified atom stereocenters. The first kappa shape index (κ1) is 21.6. The maximum atomic E-state index is 13.8. The number of hydrogen-bond donors (Lipinski definition) is 0. The summed E-state index contributed by atoms with van der Waals surface area (Å²) in [5.41, 5.74) is 1.96. The van der Waals surface area contributed by atoms with Crippen LogP contribution >= 0.6 is 11.6 Å². The average Bonchev–Trinajstić information content (AvgIpc) is 3.53. The van der Waals surface area contributed by atoms with Crippen LogP contribution in [0.15, 0.2) is 36.2 Å². The molecule has 7 nitrogen and oxygen atoms in total. The second-order valence-electron chi connectivity index (χ2n) is 8.00. The van der Waals surface area contributed by atoms with Gasteiger partial charge in [0.25, 0.3) is 5.91 Å². The van der Waals surface area contributed by atoms with E-state index in [1.165, 1.54) is 11.1 Å². The highest BCUT2D eigenvalue weighted by atomic mass is 35.5. The second-order valence-corrected chi connectivity index (χ2v) is 8.36. The molecular weight excluding hydrogens is 461 g/mol. The summed E-state index contributed by atoms with van der Waals surface area (Å²) in [7, 11) is 0. The van der Waals surface area contributed by atoms with E-state index in [9.17, 15) is 22.8 Å². The van der Waals surface area contributed by atoms with E-state index in [2.05, 4.69) is 10.7 Å². The number of carbonyl (C=O) groups is 2. The molecule has 2 saturated heterocycles. The third-order valence-electron chi connectivity index (χ3n) is 6.06. The largest absolute Gasteiger partial charge is 0.448 e. The number of ether oxygens (including phenoxy) is 1. The molecule has 2 aliphatic heterocycles. The Balaban J connectivity index is 1.46. The Hall–Kier alpha value is -3.23. The summed E-state index contributed by atoms with van der Waals surface area (Å²) < 4.78 is 47.5. The van der Waals surface area contributed by atoms with Crippen molar-refractivity contribution < 1.29 is 27.5 Å². The number of fused-ring (bicyclic) bond motifs is 1. The summed E-state index contributed by atoms with van der Waals surface area (Å²) >= 11 is 6.38. The number of amides is 2. The van der Waals surface area contributed by atoms with Crippen LogP contribution in [0.4, 0.5) is 18.0 Å². The van der Waals surface area contributed by atoms with E-state index in [4.69, 9.17) is 16.3 Å². The zero-order chi connectivity index (χ0) is 23.3. The lowest BCUT2D eigenvalue weighted by Crippen LogP contribution is -2.47. The van der Waals surface area contributed by atoms with Crippen LogP contribution in [-0.2, 0) is 10.9 Å².